The number of nitro groups is 1. The van der Waals surface area contributed by atoms with E-state index in [0.717, 1.165) is 10.2 Å². The van der Waals surface area contributed by atoms with E-state index in [1.807, 2.05) is 36.4 Å². The lowest BCUT2D eigenvalue weighted by Gasteiger charge is -2.11. The number of rotatable bonds is 5. The second-order valence-electron chi connectivity index (χ2n) is 8.98. The molecule has 0 saturated heterocycles. The second kappa shape index (κ2) is 9.86. The summed E-state index contributed by atoms with van der Waals surface area (Å²) in [6.45, 7) is 1.69. The third-order valence-corrected chi connectivity index (χ3v) is 6.87. The highest BCUT2D eigenvalue weighted by atomic mass is 79.9. The SMILES string of the molecule is CC1=NN(c2ccc([N+](=O)[O-])cc2)C(=O)/C1=C/c1cn(-c2ccccc2)nc1-c1cc2cc(Br)ccc2oc1=O. The van der Waals surface area contributed by atoms with Crippen LogP contribution >= 0.6 is 15.9 Å². The van der Waals surface area contributed by atoms with Gasteiger partial charge in [0.1, 0.15) is 11.3 Å². The van der Waals surface area contributed by atoms with E-state index in [2.05, 4.69) is 21.0 Å². The van der Waals surface area contributed by atoms with Gasteiger partial charge < -0.3 is 4.42 Å². The third kappa shape index (κ3) is 4.52. The number of hydrogen-bond donors (Lipinski definition) is 0. The molecule has 3 aromatic carbocycles. The molecule has 196 valence electrons. The van der Waals surface area contributed by atoms with Crippen LogP contribution in [0.25, 0.3) is 34.0 Å². The van der Waals surface area contributed by atoms with Gasteiger partial charge in [-0.2, -0.15) is 15.2 Å². The predicted octanol–water partition coefficient (Wildman–Crippen LogP) is 6.12. The molecular weight excluding hydrogens is 578 g/mol. The number of carbonyl (C=O) groups excluding carboxylic acids is 1. The van der Waals surface area contributed by atoms with Gasteiger partial charge >= 0.3 is 5.63 Å². The van der Waals surface area contributed by atoms with Gasteiger partial charge in [0.25, 0.3) is 11.6 Å². The van der Waals surface area contributed by atoms with E-state index < -0.39 is 16.5 Å². The first kappa shape index (κ1) is 25.1. The topological polar surface area (TPSA) is 124 Å². The number of hydrogen-bond acceptors (Lipinski definition) is 7. The van der Waals surface area contributed by atoms with Gasteiger partial charge in [0.05, 0.1) is 33.1 Å². The summed E-state index contributed by atoms with van der Waals surface area (Å²) < 4.78 is 8.05. The van der Waals surface area contributed by atoms with E-state index in [1.165, 1.54) is 29.3 Å². The van der Waals surface area contributed by atoms with Crippen molar-refractivity contribution in [1.82, 2.24) is 9.78 Å². The molecule has 1 aliphatic heterocycles. The molecule has 11 heteroatoms. The van der Waals surface area contributed by atoms with Crippen molar-refractivity contribution in [3.63, 3.8) is 0 Å². The number of non-ortho nitro benzene ring substituents is 1. The summed E-state index contributed by atoms with van der Waals surface area (Å²) in [7, 11) is 0. The molecule has 5 aromatic rings. The van der Waals surface area contributed by atoms with Gasteiger partial charge in [-0.3, -0.25) is 14.9 Å². The standard InChI is InChI=1S/C29H18BrN5O5/c1-17-24(28(36)34(31-17)22-8-10-23(11-9-22)35(38)39)15-19-16-33(21-5-3-2-4-6-21)32-27(19)25-14-18-13-20(30)7-12-26(18)40-29(25)37/h2-16H,1H3/b24-15+. The maximum atomic E-state index is 13.4. The van der Waals surface area contributed by atoms with Crippen LogP contribution in [0.4, 0.5) is 11.4 Å². The van der Waals surface area contributed by atoms with Crippen LogP contribution in [0.15, 0.2) is 109 Å². The number of fused-ring (bicyclic) bond motifs is 1. The molecule has 2 aromatic heterocycles. The van der Waals surface area contributed by atoms with Crippen molar-refractivity contribution in [3.05, 3.63) is 121 Å². The fourth-order valence-corrected chi connectivity index (χ4v) is 4.78. The van der Waals surface area contributed by atoms with Gasteiger partial charge in [0, 0.05) is 33.8 Å². The number of aromatic nitrogens is 2. The van der Waals surface area contributed by atoms with Gasteiger partial charge in [-0.05, 0) is 61.5 Å². The number of anilines is 1. The van der Waals surface area contributed by atoms with Crippen molar-refractivity contribution >= 4 is 56.0 Å². The molecule has 6 rings (SSSR count). The predicted molar refractivity (Wildman–Crippen MR) is 154 cm³/mol. The highest BCUT2D eigenvalue weighted by Crippen LogP contribution is 2.31. The van der Waals surface area contributed by atoms with Crippen LogP contribution < -0.4 is 10.6 Å². The number of carbonyl (C=O) groups is 1. The Morgan fingerprint density at radius 3 is 2.45 bits per heavy atom. The molecule has 0 atom stereocenters. The van der Waals surface area contributed by atoms with Crippen LogP contribution in [0, 0.1) is 10.1 Å². The number of nitrogens with zero attached hydrogens (tertiary/aromatic N) is 5. The monoisotopic (exact) mass is 595 g/mol. The van der Waals surface area contributed by atoms with Gasteiger partial charge in [-0.15, -0.1) is 0 Å². The van der Waals surface area contributed by atoms with E-state index in [9.17, 15) is 19.7 Å². The van der Waals surface area contributed by atoms with E-state index in [1.54, 1.807) is 42.1 Å². The van der Waals surface area contributed by atoms with Crippen LogP contribution in [-0.2, 0) is 4.79 Å². The summed E-state index contributed by atoms with van der Waals surface area (Å²) in [5.41, 5.74) is 2.74. The molecule has 0 radical (unpaired) electrons. The average molecular weight is 596 g/mol. The zero-order valence-electron chi connectivity index (χ0n) is 20.8. The first-order valence-corrected chi connectivity index (χ1v) is 12.8. The summed E-state index contributed by atoms with van der Waals surface area (Å²) in [6.07, 6.45) is 3.37. The highest BCUT2D eigenvalue weighted by Gasteiger charge is 2.30. The maximum Gasteiger partial charge on any atom is 0.345 e. The Kier molecular flexibility index (Phi) is 6.20. The van der Waals surface area contributed by atoms with Crippen molar-refractivity contribution in [2.24, 2.45) is 5.10 Å². The smallest absolute Gasteiger partial charge is 0.345 e. The molecule has 0 bridgehead atoms. The summed E-state index contributed by atoms with van der Waals surface area (Å²) in [5.74, 6) is -0.417. The maximum absolute atomic E-state index is 13.4. The van der Waals surface area contributed by atoms with Crippen molar-refractivity contribution in [2.75, 3.05) is 5.01 Å². The van der Waals surface area contributed by atoms with Gasteiger partial charge in [-0.1, -0.05) is 34.1 Å². The Morgan fingerprint density at radius 1 is 0.975 bits per heavy atom. The van der Waals surface area contributed by atoms with E-state index >= 15 is 0 Å². The molecule has 40 heavy (non-hydrogen) atoms. The molecule has 0 spiro atoms. The average Bonchev–Trinajstić information content (AvgIpc) is 3.50. The number of halogens is 1. The summed E-state index contributed by atoms with van der Waals surface area (Å²) in [5, 5.41) is 22.0. The highest BCUT2D eigenvalue weighted by molar-refractivity contribution is 9.10. The van der Waals surface area contributed by atoms with Crippen LogP contribution in [-0.4, -0.2) is 26.3 Å². The molecule has 10 nitrogen and oxygen atoms in total. The van der Waals surface area contributed by atoms with E-state index in [-0.39, 0.29) is 11.3 Å². The molecule has 0 N–H and O–H groups in total. The molecule has 0 fully saturated rings. The lowest BCUT2D eigenvalue weighted by molar-refractivity contribution is -0.384. The molecule has 0 saturated carbocycles. The number of para-hydroxylation sites is 1. The third-order valence-electron chi connectivity index (χ3n) is 6.38. The van der Waals surface area contributed by atoms with Gasteiger partial charge in [-0.25, -0.2) is 9.48 Å². The lowest BCUT2D eigenvalue weighted by Crippen LogP contribution is -2.21. The minimum Gasteiger partial charge on any atom is -0.422 e. The fourth-order valence-electron chi connectivity index (χ4n) is 4.40. The Morgan fingerprint density at radius 2 is 1.73 bits per heavy atom. The molecule has 1 aliphatic rings. The van der Waals surface area contributed by atoms with Crippen molar-refractivity contribution in [3.8, 4) is 16.9 Å². The van der Waals surface area contributed by atoms with Crippen LogP contribution in [0.3, 0.4) is 0 Å². The van der Waals surface area contributed by atoms with Crippen molar-refractivity contribution in [1.29, 1.82) is 0 Å². The molecular formula is C29H18BrN5O5. The van der Waals surface area contributed by atoms with Crippen molar-refractivity contribution < 1.29 is 14.1 Å². The normalized spacial score (nSPS) is 14.2. The number of hydrazone groups is 1. The van der Waals surface area contributed by atoms with E-state index in [0.29, 0.717) is 39.2 Å². The summed E-state index contributed by atoms with van der Waals surface area (Å²) in [4.78, 5) is 37.0. The molecule has 1 amide bonds. The summed E-state index contributed by atoms with van der Waals surface area (Å²) >= 11 is 3.45. The summed E-state index contributed by atoms with van der Waals surface area (Å²) in [6, 6.07) is 22.0. The molecule has 0 aliphatic carbocycles. The van der Waals surface area contributed by atoms with Crippen LogP contribution in [0.2, 0.25) is 0 Å². The Bertz CT molecular complexity index is 1940. The number of nitro benzene ring substituents is 1. The number of benzene rings is 3. The largest absolute Gasteiger partial charge is 0.422 e. The van der Waals surface area contributed by atoms with E-state index in [4.69, 9.17) is 9.52 Å². The molecule has 0 unspecified atom stereocenters. The van der Waals surface area contributed by atoms with Gasteiger partial charge in [0.2, 0.25) is 0 Å². The number of amides is 1. The minimum absolute atomic E-state index is 0.0916. The first-order chi connectivity index (χ1) is 19.3. The fraction of sp³-hybridized carbons (Fsp3) is 0.0345. The Labute approximate surface area is 234 Å². The zero-order valence-corrected chi connectivity index (χ0v) is 22.4. The quantitative estimate of drug-likeness (QED) is 0.104. The lowest BCUT2D eigenvalue weighted by atomic mass is 10.0. The van der Waals surface area contributed by atoms with Crippen LogP contribution in [0.5, 0.6) is 0 Å². The zero-order chi connectivity index (χ0) is 28.0. The van der Waals surface area contributed by atoms with Crippen LogP contribution in [0.1, 0.15) is 12.5 Å². The molecule has 3 heterocycles. The second-order valence-corrected chi connectivity index (χ2v) is 9.89. The van der Waals surface area contributed by atoms with Gasteiger partial charge in [0.15, 0.2) is 0 Å². The Balaban J connectivity index is 1.47. The Hall–Kier alpha value is -5.16. The van der Waals surface area contributed by atoms with Crippen molar-refractivity contribution in [2.45, 2.75) is 6.92 Å². The minimum atomic E-state index is -0.566. The first-order valence-electron chi connectivity index (χ1n) is 12.0.